The van der Waals surface area contributed by atoms with Crippen LogP contribution in [0.2, 0.25) is 0 Å². The molecule has 0 aromatic rings. The number of ether oxygens (including phenoxy) is 1. The summed E-state index contributed by atoms with van der Waals surface area (Å²) in [5.74, 6) is 0.986. The lowest BCUT2D eigenvalue weighted by Gasteiger charge is -2.42. The highest BCUT2D eigenvalue weighted by atomic mass is 35.5. The number of halogens is 1. The number of hydrogen-bond acceptors (Lipinski definition) is 3. The van der Waals surface area contributed by atoms with Crippen molar-refractivity contribution >= 4 is 18.3 Å². The lowest BCUT2D eigenvalue weighted by Crippen LogP contribution is -2.43. The molecule has 1 amide bonds. The summed E-state index contributed by atoms with van der Waals surface area (Å²) in [4.78, 5) is 12.0. The second-order valence-corrected chi connectivity index (χ2v) is 6.61. The topological polar surface area (TPSA) is 50.4 Å². The molecule has 0 atom stereocenters. The third-order valence-electron chi connectivity index (χ3n) is 5.15. The first-order valence-corrected chi connectivity index (χ1v) is 8.20. The first-order valence-electron chi connectivity index (χ1n) is 8.20. The maximum absolute atomic E-state index is 12.0. The van der Waals surface area contributed by atoms with E-state index in [0.29, 0.717) is 11.8 Å². The number of piperidine rings is 1. The van der Waals surface area contributed by atoms with E-state index in [9.17, 15) is 4.79 Å². The Kier molecular flexibility index (Phi) is 8.60. The Labute approximate surface area is 135 Å². The van der Waals surface area contributed by atoms with Crippen LogP contribution in [0.25, 0.3) is 0 Å². The second-order valence-electron chi connectivity index (χ2n) is 6.61. The van der Waals surface area contributed by atoms with Crippen LogP contribution in [0.5, 0.6) is 0 Å². The summed E-state index contributed by atoms with van der Waals surface area (Å²) in [5.41, 5.74) is 0.334. The minimum atomic E-state index is 0. The Balaban J connectivity index is 0.00000220. The van der Waals surface area contributed by atoms with Gasteiger partial charge in [-0.15, -0.1) is 12.4 Å². The van der Waals surface area contributed by atoms with Crippen LogP contribution in [0.15, 0.2) is 0 Å². The van der Waals surface area contributed by atoms with Crippen molar-refractivity contribution in [2.24, 2.45) is 11.3 Å². The monoisotopic (exact) mass is 318 g/mol. The first kappa shape index (κ1) is 18.7. The molecule has 0 aromatic carbocycles. The van der Waals surface area contributed by atoms with Crippen LogP contribution in [-0.2, 0) is 9.53 Å². The maximum Gasteiger partial charge on any atom is 0.220 e. The van der Waals surface area contributed by atoms with Crippen LogP contribution in [0.4, 0.5) is 0 Å². The fourth-order valence-corrected chi connectivity index (χ4v) is 3.39. The Morgan fingerprint density at radius 3 is 2.62 bits per heavy atom. The molecule has 2 rings (SSSR count). The molecule has 1 saturated carbocycles. The Morgan fingerprint density at radius 1 is 1.33 bits per heavy atom. The number of carbonyl (C=O) groups excluding carboxylic acids is 1. The maximum atomic E-state index is 12.0. The van der Waals surface area contributed by atoms with E-state index in [1.807, 2.05) is 0 Å². The first-order chi connectivity index (χ1) is 9.74. The molecule has 0 unspecified atom stereocenters. The summed E-state index contributed by atoms with van der Waals surface area (Å²) in [6.07, 6.45) is 9.07. The van der Waals surface area contributed by atoms with Gasteiger partial charge < -0.3 is 15.4 Å². The molecule has 0 bridgehead atoms. The number of hydrogen-bond donors (Lipinski definition) is 2. The summed E-state index contributed by atoms with van der Waals surface area (Å²) in [7, 11) is 1.75. The van der Waals surface area contributed by atoms with E-state index in [4.69, 9.17) is 4.74 Å². The van der Waals surface area contributed by atoms with E-state index in [2.05, 4.69) is 10.6 Å². The van der Waals surface area contributed by atoms with Crippen molar-refractivity contribution in [2.75, 3.05) is 33.4 Å². The highest BCUT2D eigenvalue weighted by Crippen LogP contribution is 2.43. The lowest BCUT2D eigenvalue weighted by molar-refractivity contribution is -0.122. The highest BCUT2D eigenvalue weighted by Gasteiger charge is 2.36. The van der Waals surface area contributed by atoms with Gasteiger partial charge in [-0.1, -0.05) is 6.42 Å². The smallest absolute Gasteiger partial charge is 0.220 e. The lowest BCUT2D eigenvalue weighted by atomic mass is 9.66. The van der Waals surface area contributed by atoms with Crippen LogP contribution < -0.4 is 10.6 Å². The predicted octanol–water partition coefficient (Wildman–Crippen LogP) is 2.51. The summed E-state index contributed by atoms with van der Waals surface area (Å²) in [6.45, 7) is 3.89. The van der Waals surface area contributed by atoms with Crippen LogP contribution in [-0.4, -0.2) is 39.3 Å². The Hall–Kier alpha value is -0.320. The van der Waals surface area contributed by atoms with Gasteiger partial charge in [0.05, 0.1) is 0 Å². The largest absolute Gasteiger partial charge is 0.385 e. The highest BCUT2D eigenvalue weighted by molar-refractivity contribution is 5.85. The molecule has 0 radical (unpaired) electrons. The number of nitrogens with one attached hydrogen (secondary N) is 2. The van der Waals surface area contributed by atoms with E-state index in [1.54, 1.807) is 7.11 Å². The SMILES string of the molecule is COCCC1(CNC(=O)CCC2CCNCC2)CCC1.Cl. The standard InChI is InChI=1S/C16H30N2O2.ClH/c1-20-12-9-16(7-2-8-16)13-18-15(19)4-3-14-5-10-17-11-6-14;/h14,17H,2-13H2,1H3,(H,18,19);1H. The van der Waals surface area contributed by atoms with Crippen molar-refractivity contribution in [1.29, 1.82) is 0 Å². The molecular weight excluding hydrogens is 288 g/mol. The molecule has 1 heterocycles. The van der Waals surface area contributed by atoms with Crippen LogP contribution in [0.1, 0.15) is 51.4 Å². The molecule has 4 nitrogen and oxygen atoms in total. The third-order valence-corrected chi connectivity index (χ3v) is 5.15. The molecule has 5 heteroatoms. The summed E-state index contributed by atoms with van der Waals surface area (Å²) >= 11 is 0. The van der Waals surface area contributed by atoms with Crippen molar-refractivity contribution < 1.29 is 9.53 Å². The van der Waals surface area contributed by atoms with E-state index >= 15 is 0 Å². The summed E-state index contributed by atoms with van der Waals surface area (Å²) in [5, 5.41) is 6.53. The average molecular weight is 319 g/mol. The average Bonchev–Trinajstić information content (AvgIpc) is 2.45. The zero-order chi connectivity index (χ0) is 14.3. The number of rotatable bonds is 8. The van der Waals surface area contributed by atoms with Gasteiger partial charge in [0.2, 0.25) is 5.91 Å². The van der Waals surface area contributed by atoms with Crippen LogP contribution in [0, 0.1) is 11.3 Å². The second kappa shape index (κ2) is 9.65. The zero-order valence-corrected chi connectivity index (χ0v) is 14.1. The number of carbonyl (C=O) groups is 1. The van der Waals surface area contributed by atoms with Crippen molar-refractivity contribution in [3.8, 4) is 0 Å². The fraction of sp³-hybridized carbons (Fsp3) is 0.938. The van der Waals surface area contributed by atoms with E-state index in [1.165, 1.54) is 32.1 Å². The van der Waals surface area contributed by atoms with Gasteiger partial charge in [-0.3, -0.25) is 4.79 Å². The van der Waals surface area contributed by atoms with E-state index in [0.717, 1.165) is 45.0 Å². The molecule has 1 aliphatic carbocycles. The Bertz CT molecular complexity index is 303. The molecule has 124 valence electrons. The minimum absolute atomic E-state index is 0. The molecule has 0 aromatic heterocycles. The predicted molar refractivity (Wildman–Crippen MR) is 87.9 cm³/mol. The zero-order valence-electron chi connectivity index (χ0n) is 13.3. The molecule has 2 fully saturated rings. The van der Waals surface area contributed by atoms with Gasteiger partial charge in [0, 0.05) is 26.7 Å². The van der Waals surface area contributed by atoms with Gasteiger partial charge in [-0.05, 0) is 62.9 Å². The summed E-state index contributed by atoms with van der Waals surface area (Å²) in [6, 6.07) is 0. The molecule has 1 aliphatic heterocycles. The van der Waals surface area contributed by atoms with Gasteiger partial charge in [-0.25, -0.2) is 0 Å². The van der Waals surface area contributed by atoms with Crippen LogP contribution >= 0.6 is 12.4 Å². The van der Waals surface area contributed by atoms with Gasteiger partial charge in [0.25, 0.3) is 0 Å². The molecular formula is C16H31ClN2O2. The van der Waals surface area contributed by atoms with Gasteiger partial charge in [0.1, 0.15) is 0 Å². The Morgan fingerprint density at radius 2 is 2.05 bits per heavy atom. The number of methoxy groups -OCH3 is 1. The van der Waals surface area contributed by atoms with Gasteiger partial charge in [0.15, 0.2) is 0 Å². The molecule has 2 aliphatic rings. The van der Waals surface area contributed by atoms with Crippen molar-refractivity contribution in [1.82, 2.24) is 10.6 Å². The normalized spacial score (nSPS) is 21.2. The molecule has 1 saturated heterocycles. The van der Waals surface area contributed by atoms with E-state index in [-0.39, 0.29) is 18.3 Å². The molecule has 2 N–H and O–H groups in total. The van der Waals surface area contributed by atoms with Crippen molar-refractivity contribution in [3.63, 3.8) is 0 Å². The van der Waals surface area contributed by atoms with Gasteiger partial charge >= 0.3 is 0 Å². The quantitative estimate of drug-likeness (QED) is 0.723. The van der Waals surface area contributed by atoms with Crippen molar-refractivity contribution in [2.45, 2.75) is 51.4 Å². The molecule has 21 heavy (non-hydrogen) atoms. The number of amides is 1. The van der Waals surface area contributed by atoms with Crippen molar-refractivity contribution in [3.05, 3.63) is 0 Å². The summed E-state index contributed by atoms with van der Waals surface area (Å²) < 4.78 is 5.19. The minimum Gasteiger partial charge on any atom is -0.385 e. The van der Waals surface area contributed by atoms with Crippen LogP contribution in [0.3, 0.4) is 0 Å². The fourth-order valence-electron chi connectivity index (χ4n) is 3.39. The molecule has 0 spiro atoms. The van der Waals surface area contributed by atoms with E-state index < -0.39 is 0 Å². The third kappa shape index (κ3) is 6.13. The van der Waals surface area contributed by atoms with Gasteiger partial charge in [-0.2, -0.15) is 0 Å².